The lowest BCUT2D eigenvalue weighted by atomic mass is 9.92. The molecule has 0 aromatic carbocycles. The lowest BCUT2D eigenvalue weighted by Crippen LogP contribution is -2.49. The lowest BCUT2D eigenvalue weighted by Gasteiger charge is -2.37. The van der Waals surface area contributed by atoms with E-state index in [0.29, 0.717) is 25.9 Å². The van der Waals surface area contributed by atoms with Gasteiger partial charge in [-0.3, -0.25) is 4.79 Å². The van der Waals surface area contributed by atoms with Gasteiger partial charge in [0.1, 0.15) is 0 Å². The Hall–Kier alpha value is -0.650. The van der Waals surface area contributed by atoms with Gasteiger partial charge in [0.05, 0.1) is 24.7 Å². The third-order valence-electron chi connectivity index (χ3n) is 3.49. The van der Waals surface area contributed by atoms with Crippen molar-refractivity contribution in [2.75, 3.05) is 19.7 Å². The van der Waals surface area contributed by atoms with Crippen molar-refractivity contribution in [3.8, 4) is 0 Å². The maximum absolute atomic E-state index is 11.8. The van der Waals surface area contributed by atoms with Crippen molar-refractivity contribution in [1.29, 1.82) is 0 Å². The zero-order valence-corrected chi connectivity index (χ0v) is 10.6. The van der Waals surface area contributed by atoms with Crippen LogP contribution in [0.3, 0.4) is 0 Å². The van der Waals surface area contributed by atoms with E-state index < -0.39 is 11.7 Å². The smallest absolute Gasteiger partial charge is 0.225 e. The van der Waals surface area contributed by atoms with Crippen LogP contribution in [-0.4, -0.2) is 57.5 Å². The zero-order chi connectivity index (χ0) is 13.1. The minimum Gasteiger partial charge on any atom is -0.393 e. The van der Waals surface area contributed by atoms with Gasteiger partial charge in [0, 0.05) is 13.1 Å². The highest BCUT2D eigenvalue weighted by Gasteiger charge is 2.33. The van der Waals surface area contributed by atoms with Crippen molar-refractivity contribution in [3.63, 3.8) is 0 Å². The fraction of sp³-hybridized carbons (Fsp3) is 0.917. The standard InChI is InChI=1S/C12H23NO4/c1-9(2)10(15)7-11(16)13-5-3-12(17,8-14)4-6-13/h9-10,14-15,17H,3-8H2,1-2H3. The van der Waals surface area contributed by atoms with Crippen molar-refractivity contribution in [2.24, 2.45) is 5.92 Å². The molecule has 0 spiro atoms. The number of nitrogens with zero attached hydrogens (tertiary/aromatic N) is 1. The molecule has 100 valence electrons. The topological polar surface area (TPSA) is 81.0 Å². The summed E-state index contributed by atoms with van der Waals surface area (Å²) in [5.41, 5.74) is -1.03. The number of amides is 1. The number of aliphatic hydroxyl groups is 3. The van der Waals surface area contributed by atoms with Gasteiger partial charge in [-0.2, -0.15) is 0 Å². The Bertz CT molecular complexity index is 259. The highest BCUT2D eigenvalue weighted by Crippen LogP contribution is 2.22. The third-order valence-corrected chi connectivity index (χ3v) is 3.49. The van der Waals surface area contributed by atoms with Crippen LogP contribution < -0.4 is 0 Å². The average molecular weight is 245 g/mol. The van der Waals surface area contributed by atoms with Crippen LogP contribution >= 0.6 is 0 Å². The summed E-state index contributed by atoms with van der Waals surface area (Å²) in [6.45, 7) is 4.38. The highest BCUT2D eigenvalue weighted by molar-refractivity contribution is 5.76. The molecule has 1 saturated heterocycles. The number of carbonyl (C=O) groups excluding carboxylic acids is 1. The van der Waals surface area contributed by atoms with Gasteiger partial charge in [0.15, 0.2) is 0 Å². The van der Waals surface area contributed by atoms with Crippen molar-refractivity contribution in [3.05, 3.63) is 0 Å². The SMILES string of the molecule is CC(C)C(O)CC(=O)N1CCC(O)(CO)CC1. The second-order valence-corrected chi connectivity index (χ2v) is 5.28. The molecule has 1 aliphatic rings. The molecular weight excluding hydrogens is 222 g/mol. The van der Waals surface area contributed by atoms with Gasteiger partial charge >= 0.3 is 0 Å². The minimum absolute atomic E-state index is 0.0677. The maximum Gasteiger partial charge on any atom is 0.225 e. The van der Waals surface area contributed by atoms with E-state index in [0.717, 1.165) is 0 Å². The number of hydrogen-bond acceptors (Lipinski definition) is 4. The quantitative estimate of drug-likeness (QED) is 0.637. The summed E-state index contributed by atoms with van der Waals surface area (Å²) in [5, 5.41) is 28.5. The first-order valence-electron chi connectivity index (χ1n) is 6.17. The van der Waals surface area contributed by atoms with Crippen LogP contribution in [0.5, 0.6) is 0 Å². The molecule has 1 fully saturated rings. The molecule has 0 saturated carbocycles. The van der Waals surface area contributed by atoms with Crippen molar-refractivity contribution >= 4 is 5.91 Å². The first kappa shape index (κ1) is 14.4. The second kappa shape index (κ2) is 5.80. The van der Waals surface area contributed by atoms with Gasteiger partial charge in [-0.1, -0.05) is 13.8 Å². The first-order valence-corrected chi connectivity index (χ1v) is 6.17. The predicted molar refractivity (Wildman–Crippen MR) is 63.3 cm³/mol. The van der Waals surface area contributed by atoms with Crippen LogP contribution in [0.2, 0.25) is 0 Å². The average Bonchev–Trinajstić information content (AvgIpc) is 2.29. The monoisotopic (exact) mass is 245 g/mol. The molecule has 0 bridgehead atoms. The summed E-state index contributed by atoms with van der Waals surface area (Å²) < 4.78 is 0. The van der Waals surface area contributed by atoms with E-state index in [9.17, 15) is 15.0 Å². The summed E-state index contributed by atoms with van der Waals surface area (Å²) >= 11 is 0. The largest absolute Gasteiger partial charge is 0.393 e. The zero-order valence-electron chi connectivity index (χ0n) is 10.6. The molecule has 5 heteroatoms. The van der Waals surface area contributed by atoms with Crippen LogP contribution in [0.15, 0.2) is 0 Å². The lowest BCUT2D eigenvalue weighted by molar-refractivity contribution is -0.139. The summed E-state index contributed by atoms with van der Waals surface area (Å²) in [5.74, 6) is -0.00990. The molecule has 0 aliphatic carbocycles. The van der Waals surface area contributed by atoms with E-state index in [1.54, 1.807) is 4.90 Å². The number of rotatable bonds is 4. The molecule has 1 unspecified atom stereocenters. The fourth-order valence-electron chi connectivity index (χ4n) is 1.87. The van der Waals surface area contributed by atoms with E-state index in [4.69, 9.17) is 5.11 Å². The van der Waals surface area contributed by atoms with Crippen LogP contribution in [-0.2, 0) is 4.79 Å². The number of carbonyl (C=O) groups is 1. The van der Waals surface area contributed by atoms with E-state index in [1.807, 2.05) is 13.8 Å². The van der Waals surface area contributed by atoms with E-state index >= 15 is 0 Å². The number of likely N-dealkylation sites (tertiary alicyclic amines) is 1. The number of piperidine rings is 1. The minimum atomic E-state index is -1.03. The summed E-state index contributed by atoms with van der Waals surface area (Å²) in [6.07, 6.45) is 0.316. The summed E-state index contributed by atoms with van der Waals surface area (Å²) in [7, 11) is 0. The van der Waals surface area contributed by atoms with Crippen molar-refractivity contribution < 1.29 is 20.1 Å². The Morgan fingerprint density at radius 1 is 1.35 bits per heavy atom. The van der Waals surface area contributed by atoms with Crippen LogP contribution in [0, 0.1) is 5.92 Å². The van der Waals surface area contributed by atoms with Crippen LogP contribution in [0.1, 0.15) is 33.1 Å². The van der Waals surface area contributed by atoms with Crippen LogP contribution in [0.25, 0.3) is 0 Å². The van der Waals surface area contributed by atoms with Gasteiger partial charge < -0.3 is 20.2 Å². The van der Waals surface area contributed by atoms with Crippen LogP contribution in [0.4, 0.5) is 0 Å². The van der Waals surface area contributed by atoms with E-state index in [-0.39, 0.29) is 24.9 Å². The molecule has 0 radical (unpaired) electrons. The molecule has 3 N–H and O–H groups in total. The Labute approximate surface area is 102 Å². The molecule has 5 nitrogen and oxygen atoms in total. The Morgan fingerprint density at radius 2 is 1.88 bits per heavy atom. The van der Waals surface area contributed by atoms with E-state index in [1.165, 1.54) is 0 Å². The van der Waals surface area contributed by atoms with Gasteiger partial charge in [-0.25, -0.2) is 0 Å². The summed E-state index contributed by atoms with van der Waals surface area (Å²) in [4.78, 5) is 13.5. The molecule has 1 heterocycles. The Morgan fingerprint density at radius 3 is 2.29 bits per heavy atom. The fourth-order valence-corrected chi connectivity index (χ4v) is 1.87. The summed E-state index contributed by atoms with van der Waals surface area (Å²) in [6, 6.07) is 0. The molecule has 0 aromatic heterocycles. The molecular formula is C12H23NO4. The Kier molecular flexibility index (Phi) is 4.91. The van der Waals surface area contributed by atoms with Gasteiger partial charge in [0.25, 0.3) is 0 Å². The van der Waals surface area contributed by atoms with Gasteiger partial charge in [-0.15, -0.1) is 0 Å². The number of hydrogen-bond donors (Lipinski definition) is 3. The van der Waals surface area contributed by atoms with E-state index in [2.05, 4.69) is 0 Å². The van der Waals surface area contributed by atoms with Gasteiger partial charge in [-0.05, 0) is 18.8 Å². The molecule has 0 aromatic rings. The van der Waals surface area contributed by atoms with Gasteiger partial charge in [0.2, 0.25) is 5.91 Å². The molecule has 17 heavy (non-hydrogen) atoms. The van der Waals surface area contributed by atoms with Crippen molar-refractivity contribution in [2.45, 2.75) is 44.8 Å². The maximum atomic E-state index is 11.8. The number of aliphatic hydroxyl groups excluding tert-OH is 2. The normalized spacial score (nSPS) is 21.6. The molecule has 1 atom stereocenters. The molecule has 1 rings (SSSR count). The van der Waals surface area contributed by atoms with Crippen molar-refractivity contribution in [1.82, 2.24) is 4.90 Å². The predicted octanol–water partition coefficient (Wildman–Crippen LogP) is -0.261. The highest BCUT2D eigenvalue weighted by atomic mass is 16.3. The molecule has 1 aliphatic heterocycles. The second-order valence-electron chi connectivity index (χ2n) is 5.28. The third kappa shape index (κ3) is 3.94. The Balaban J connectivity index is 2.41. The first-order chi connectivity index (χ1) is 7.88. The molecule has 1 amide bonds.